The first kappa shape index (κ1) is 28.2. The minimum Gasteiger partial charge on any atom is -0.460 e. The standard InChI is InChI=1S/C30H36FNO5S/c1-20(2)27-19-26(21-9-7-6-8-10-21)29(22-11-13-23(31)14-12-22)32(27)16-15-24-17-25(37-38(34)36-24)18-28(33)35-30(3,4)5/h6-14,19-20,24-25H,15-18H2,1-5H3/t24-,25-,38?/m1/s1. The molecule has 0 saturated carbocycles. The number of aromatic nitrogens is 1. The molecular formula is C30H36FNO5S. The Balaban J connectivity index is 1.61. The fraction of sp³-hybridized carbons (Fsp3) is 0.433. The maximum Gasteiger partial charge on any atom is 0.308 e. The van der Waals surface area contributed by atoms with Gasteiger partial charge in [-0.05, 0) is 74.6 Å². The SMILES string of the molecule is CC(C)c1cc(-c2ccccc2)c(-c2ccc(F)cc2)n1CC[C@@H]1C[C@H](CC(=O)OC(C)(C)C)OS(=O)O1. The predicted octanol–water partition coefficient (Wildman–Crippen LogP) is 6.96. The van der Waals surface area contributed by atoms with E-state index in [1.165, 1.54) is 12.1 Å². The smallest absolute Gasteiger partial charge is 0.308 e. The molecule has 3 atom stereocenters. The lowest BCUT2D eigenvalue weighted by atomic mass is 10.0. The summed E-state index contributed by atoms with van der Waals surface area (Å²) < 4.78 is 44.8. The molecule has 1 aliphatic heterocycles. The van der Waals surface area contributed by atoms with Gasteiger partial charge in [0.25, 0.3) is 0 Å². The molecule has 2 aromatic carbocycles. The summed E-state index contributed by atoms with van der Waals surface area (Å²) in [6.07, 6.45) is 0.107. The van der Waals surface area contributed by atoms with E-state index in [2.05, 4.69) is 36.6 Å². The maximum atomic E-state index is 13.8. The van der Waals surface area contributed by atoms with Crippen LogP contribution in [-0.4, -0.2) is 32.6 Å². The highest BCUT2D eigenvalue weighted by Gasteiger charge is 2.32. The predicted molar refractivity (Wildman–Crippen MR) is 147 cm³/mol. The first-order chi connectivity index (χ1) is 18.0. The van der Waals surface area contributed by atoms with Gasteiger partial charge in [0.1, 0.15) is 11.4 Å². The van der Waals surface area contributed by atoms with Gasteiger partial charge in [0.15, 0.2) is 0 Å². The summed E-state index contributed by atoms with van der Waals surface area (Å²) in [6, 6.07) is 18.9. The summed E-state index contributed by atoms with van der Waals surface area (Å²) in [4.78, 5) is 12.3. The number of hydrogen-bond donors (Lipinski definition) is 0. The number of benzene rings is 2. The summed E-state index contributed by atoms with van der Waals surface area (Å²) in [5, 5.41) is 0. The zero-order valence-corrected chi connectivity index (χ0v) is 23.4. The van der Waals surface area contributed by atoms with Crippen LogP contribution in [0.1, 0.15) is 65.5 Å². The van der Waals surface area contributed by atoms with E-state index in [0.717, 1.165) is 28.1 Å². The van der Waals surface area contributed by atoms with Crippen molar-refractivity contribution in [2.45, 2.75) is 84.2 Å². The van der Waals surface area contributed by atoms with Gasteiger partial charge in [-0.15, -0.1) is 0 Å². The third kappa shape index (κ3) is 7.18. The van der Waals surface area contributed by atoms with Gasteiger partial charge in [-0.25, -0.2) is 4.39 Å². The molecule has 0 spiro atoms. The highest BCUT2D eigenvalue weighted by molar-refractivity contribution is 7.75. The lowest BCUT2D eigenvalue weighted by molar-refractivity contribution is -0.157. The second-order valence-corrected chi connectivity index (χ2v) is 11.8. The molecule has 1 aromatic heterocycles. The van der Waals surface area contributed by atoms with Gasteiger partial charge in [0.2, 0.25) is 0 Å². The van der Waals surface area contributed by atoms with E-state index in [-0.39, 0.29) is 24.3 Å². The van der Waals surface area contributed by atoms with Gasteiger partial charge >= 0.3 is 17.3 Å². The van der Waals surface area contributed by atoms with Crippen LogP contribution in [0.25, 0.3) is 22.4 Å². The van der Waals surface area contributed by atoms with Crippen molar-refractivity contribution in [2.24, 2.45) is 0 Å². The van der Waals surface area contributed by atoms with Gasteiger partial charge in [0, 0.05) is 24.2 Å². The van der Waals surface area contributed by atoms with Crippen molar-refractivity contribution < 1.29 is 26.5 Å². The van der Waals surface area contributed by atoms with Crippen molar-refractivity contribution in [1.29, 1.82) is 0 Å². The molecule has 0 radical (unpaired) electrons. The second kappa shape index (κ2) is 11.9. The molecule has 2 heterocycles. The lowest BCUT2D eigenvalue weighted by Gasteiger charge is -2.29. The third-order valence-electron chi connectivity index (χ3n) is 6.37. The van der Waals surface area contributed by atoms with Gasteiger partial charge in [-0.3, -0.25) is 13.2 Å². The monoisotopic (exact) mass is 541 g/mol. The average Bonchev–Trinajstić information content (AvgIpc) is 3.22. The summed E-state index contributed by atoms with van der Waals surface area (Å²) in [6.45, 7) is 10.3. The highest BCUT2D eigenvalue weighted by Crippen LogP contribution is 2.38. The zero-order chi connectivity index (χ0) is 27.4. The average molecular weight is 542 g/mol. The molecular weight excluding hydrogens is 505 g/mol. The van der Waals surface area contributed by atoms with E-state index in [9.17, 15) is 13.4 Å². The maximum absolute atomic E-state index is 13.8. The van der Waals surface area contributed by atoms with Crippen molar-refractivity contribution in [1.82, 2.24) is 4.57 Å². The van der Waals surface area contributed by atoms with Crippen LogP contribution in [-0.2, 0) is 35.8 Å². The largest absolute Gasteiger partial charge is 0.460 e. The van der Waals surface area contributed by atoms with Gasteiger partial charge in [0.05, 0.1) is 24.3 Å². The third-order valence-corrected chi connectivity index (χ3v) is 7.23. The van der Waals surface area contributed by atoms with Crippen molar-refractivity contribution in [3.8, 4) is 22.4 Å². The Morgan fingerprint density at radius 1 is 1.05 bits per heavy atom. The Morgan fingerprint density at radius 3 is 2.34 bits per heavy atom. The van der Waals surface area contributed by atoms with E-state index < -0.39 is 29.0 Å². The molecule has 0 amide bonds. The Kier molecular flexibility index (Phi) is 8.85. The molecule has 8 heteroatoms. The fourth-order valence-corrected chi connectivity index (χ4v) is 5.60. The zero-order valence-electron chi connectivity index (χ0n) is 22.6. The summed E-state index contributed by atoms with van der Waals surface area (Å²) >= 11 is -1.94. The molecule has 4 rings (SSSR count). The van der Waals surface area contributed by atoms with Crippen LogP contribution in [0.3, 0.4) is 0 Å². The van der Waals surface area contributed by atoms with Crippen LogP contribution in [0.5, 0.6) is 0 Å². The summed E-state index contributed by atoms with van der Waals surface area (Å²) in [5.74, 6) is -0.443. The Labute approximate surface area is 227 Å². The number of carbonyl (C=O) groups excluding carboxylic acids is 1. The molecule has 1 fully saturated rings. The molecule has 1 aliphatic rings. The normalized spacial score (nSPS) is 20.0. The molecule has 0 bridgehead atoms. The van der Waals surface area contributed by atoms with E-state index in [0.29, 0.717) is 19.4 Å². The molecule has 38 heavy (non-hydrogen) atoms. The van der Waals surface area contributed by atoms with Crippen molar-refractivity contribution in [3.63, 3.8) is 0 Å². The molecule has 204 valence electrons. The number of esters is 1. The Hall–Kier alpha value is -2.81. The van der Waals surface area contributed by atoms with Gasteiger partial charge in [-0.1, -0.05) is 44.2 Å². The van der Waals surface area contributed by atoms with Crippen LogP contribution >= 0.6 is 0 Å². The van der Waals surface area contributed by atoms with E-state index in [1.807, 2.05) is 39.0 Å². The topological polar surface area (TPSA) is 66.8 Å². The lowest BCUT2D eigenvalue weighted by Crippen LogP contribution is -2.35. The number of ether oxygens (including phenoxy) is 1. The number of carbonyl (C=O) groups is 1. The number of hydrogen-bond acceptors (Lipinski definition) is 5. The van der Waals surface area contributed by atoms with Crippen molar-refractivity contribution >= 4 is 17.3 Å². The van der Waals surface area contributed by atoms with E-state index >= 15 is 0 Å². The van der Waals surface area contributed by atoms with Crippen LogP contribution in [0.4, 0.5) is 4.39 Å². The molecule has 0 aliphatic carbocycles. The van der Waals surface area contributed by atoms with E-state index in [4.69, 9.17) is 13.1 Å². The number of rotatable bonds is 8. The molecule has 1 saturated heterocycles. The fourth-order valence-electron chi connectivity index (χ4n) is 4.79. The first-order valence-electron chi connectivity index (χ1n) is 13.0. The molecule has 6 nitrogen and oxygen atoms in total. The summed E-state index contributed by atoms with van der Waals surface area (Å²) in [7, 11) is 0. The molecule has 0 N–H and O–H groups in total. The van der Waals surface area contributed by atoms with Crippen LogP contribution < -0.4 is 0 Å². The quantitative estimate of drug-likeness (QED) is 0.289. The second-order valence-electron chi connectivity index (χ2n) is 11.0. The number of halogens is 1. The van der Waals surface area contributed by atoms with Crippen molar-refractivity contribution in [2.75, 3.05) is 0 Å². The van der Waals surface area contributed by atoms with Gasteiger partial charge in [-0.2, -0.15) is 4.21 Å². The summed E-state index contributed by atoms with van der Waals surface area (Å²) in [5.41, 5.74) is 4.60. The molecule has 1 unspecified atom stereocenters. The Morgan fingerprint density at radius 2 is 1.71 bits per heavy atom. The highest BCUT2D eigenvalue weighted by atomic mass is 32.2. The van der Waals surface area contributed by atoms with Crippen LogP contribution in [0, 0.1) is 5.82 Å². The van der Waals surface area contributed by atoms with E-state index in [1.54, 1.807) is 12.1 Å². The van der Waals surface area contributed by atoms with Gasteiger partial charge < -0.3 is 9.30 Å². The molecule has 3 aromatic rings. The number of nitrogens with zero attached hydrogens (tertiary/aromatic N) is 1. The van der Waals surface area contributed by atoms with Crippen molar-refractivity contribution in [3.05, 3.63) is 72.2 Å². The van der Waals surface area contributed by atoms with Crippen LogP contribution in [0.2, 0.25) is 0 Å². The minimum absolute atomic E-state index is 0.0165. The Bertz CT molecular complexity index is 1260. The van der Waals surface area contributed by atoms with Crippen LogP contribution in [0.15, 0.2) is 60.7 Å². The minimum atomic E-state index is -1.94. The first-order valence-corrected chi connectivity index (χ1v) is 14.0.